The van der Waals surface area contributed by atoms with E-state index in [1.165, 1.54) is 23.0 Å². The van der Waals surface area contributed by atoms with Crippen LogP contribution in [0.5, 0.6) is 17.2 Å². The zero-order valence-electron chi connectivity index (χ0n) is 26.0. The number of allylic oxidation sites excluding steroid dienone is 1. The van der Waals surface area contributed by atoms with Crippen LogP contribution in [0.1, 0.15) is 50.4 Å². The minimum absolute atomic E-state index is 0.0886. The van der Waals surface area contributed by atoms with E-state index >= 15 is 0 Å². The van der Waals surface area contributed by atoms with Crippen molar-refractivity contribution in [2.75, 3.05) is 13.7 Å². The average Bonchev–Trinajstić information content (AvgIpc) is 3.30. The maximum absolute atomic E-state index is 14.1. The van der Waals surface area contributed by atoms with Crippen LogP contribution in [-0.4, -0.2) is 30.4 Å². The second-order valence-corrected chi connectivity index (χ2v) is 13.4. The van der Waals surface area contributed by atoms with Gasteiger partial charge in [-0.05, 0) is 81.3 Å². The number of thiazole rings is 1. The number of carbonyl (C=O) groups excluding carboxylic acids is 1. The standard InChI is InChI=1S/C34H30Cl4N2O6S/c1-6-44-33(42)29-18(4)39-34-40(30(29)20-8-10-26(46-17(2)3)27(14-20)43-5)32(41)28(47-34)13-19-11-24(37)31(25(38)12-19)45-16-21-7-9-22(35)15-23(21)36/h7-15,17,30H,6,16H2,1-5H3/b28-13-/t30-/m0/s1. The number of benzene rings is 3. The van der Waals surface area contributed by atoms with Crippen molar-refractivity contribution in [2.45, 2.75) is 46.4 Å². The number of nitrogens with zero attached hydrogens (tertiary/aromatic N) is 2. The Kier molecular flexibility index (Phi) is 10.9. The van der Waals surface area contributed by atoms with Crippen LogP contribution in [0.4, 0.5) is 0 Å². The summed E-state index contributed by atoms with van der Waals surface area (Å²) in [6, 6.07) is 12.9. The molecule has 5 rings (SSSR count). The molecule has 0 bridgehead atoms. The smallest absolute Gasteiger partial charge is 0.338 e. The van der Waals surface area contributed by atoms with Crippen LogP contribution >= 0.6 is 57.7 Å². The van der Waals surface area contributed by atoms with E-state index in [2.05, 4.69) is 4.99 Å². The maximum Gasteiger partial charge on any atom is 0.338 e. The molecule has 0 spiro atoms. The summed E-state index contributed by atoms with van der Waals surface area (Å²) >= 11 is 26.6. The van der Waals surface area contributed by atoms with Gasteiger partial charge < -0.3 is 18.9 Å². The monoisotopic (exact) mass is 734 g/mol. The molecule has 0 N–H and O–H groups in total. The molecular formula is C34H30Cl4N2O6S. The van der Waals surface area contributed by atoms with E-state index in [0.717, 1.165) is 0 Å². The molecule has 1 aromatic heterocycles. The van der Waals surface area contributed by atoms with Gasteiger partial charge in [-0.3, -0.25) is 9.36 Å². The fourth-order valence-electron chi connectivity index (χ4n) is 5.05. The van der Waals surface area contributed by atoms with Gasteiger partial charge >= 0.3 is 5.97 Å². The number of rotatable bonds is 10. The normalized spacial score (nSPS) is 14.6. The van der Waals surface area contributed by atoms with Crippen molar-refractivity contribution in [1.29, 1.82) is 0 Å². The molecule has 0 amide bonds. The predicted molar refractivity (Wildman–Crippen MR) is 186 cm³/mol. The zero-order valence-corrected chi connectivity index (χ0v) is 29.9. The molecular weight excluding hydrogens is 706 g/mol. The van der Waals surface area contributed by atoms with E-state index in [-0.39, 0.29) is 46.2 Å². The van der Waals surface area contributed by atoms with Gasteiger partial charge in [-0.1, -0.05) is 69.9 Å². The van der Waals surface area contributed by atoms with Crippen molar-refractivity contribution in [1.82, 2.24) is 4.57 Å². The third kappa shape index (κ3) is 7.50. The third-order valence-corrected chi connectivity index (χ3v) is 9.22. The molecule has 0 radical (unpaired) electrons. The van der Waals surface area contributed by atoms with Gasteiger partial charge in [-0.15, -0.1) is 0 Å². The zero-order chi connectivity index (χ0) is 34.0. The van der Waals surface area contributed by atoms with Gasteiger partial charge in [0.2, 0.25) is 0 Å². The first-order chi connectivity index (χ1) is 22.4. The Bertz CT molecular complexity index is 2050. The van der Waals surface area contributed by atoms with Gasteiger partial charge in [-0.2, -0.15) is 0 Å². The molecule has 2 heterocycles. The summed E-state index contributed by atoms with van der Waals surface area (Å²) in [6.45, 7) is 7.54. The molecule has 4 aromatic rings. The molecule has 0 saturated carbocycles. The molecule has 13 heteroatoms. The van der Waals surface area contributed by atoms with Crippen molar-refractivity contribution in [3.05, 3.63) is 116 Å². The fourth-order valence-corrected chi connectivity index (χ4v) is 7.18. The van der Waals surface area contributed by atoms with Crippen LogP contribution in [0.25, 0.3) is 6.08 Å². The van der Waals surface area contributed by atoms with E-state index < -0.39 is 12.0 Å². The SMILES string of the molecule is CCOC(=O)C1=C(C)N=c2s/c(=C\c3cc(Cl)c(OCc4ccc(Cl)cc4Cl)c(Cl)c3)c(=O)n2[C@H]1c1ccc(OC(C)C)c(OC)c1. The van der Waals surface area contributed by atoms with Crippen molar-refractivity contribution >= 4 is 69.8 Å². The van der Waals surface area contributed by atoms with E-state index in [0.29, 0.717) is 53.3 Å². The van der Waals surface area contributed by atoms with Gasteiger partial charge in [0.1, 0.15) is 6.61 Å². The summed E-state index contributed by atoms with van der Waals surface area (Å²) < 4.78 is 24.7. The molecule has 47 heavy (non-hydrogen) atoms. The molecule has 0 saturated heterocycles. The molecule has 1 atom stereocenters. The quantitative estimate of drug-likeness (QED) is 0.155. The number of fused-ring (bicyclic) bond motifs is 1. The van der Waals surface area contributed by atoms with Crippen LogP contribution in [-0.2, 0) is 16.1 Å². The Morgan fingerprint density at radius 2 is 1.74 bits per heavy atom. The number of carbonyl (C=O) groups is 1. The number of hydrogen-bond donors (Lipinski definition) is 0. The number of methoxy groups -OCH3 is 1. The largest absolute Gasteiger partial charge is 0.493 e. The van der Waals surface area contributed by atoms with Gasteiger partial charge in [0.05, 0.1) is 51.7 Å². The van der Waals surface area contributed by atoms with E-state index in [4.69, 9.17) is 65.4 Å². The lowest BCUT2D eigenvalue weighted by atomic mass is 9.95. The first-order valence-corrected chi connectivity index (χ1v) is 16.8. The van der Waals surface area contributed by atoms with E-state index in [1.807, 2.05) is 13.8 Å². The van der Waals surface area contributed by atoms with Crippen molar-refractivity contribution in [3.63, 3.8) is 0 Å². The summed E-state index contributed by atoms with van der Waals surface area (Å²) in [4.78, 5) is 32.4. The molecule has 0 aliphatic carbocycles. The summed E-state index contributed by atoms with van der Waals surface area (Å²) in [5, 5.41) is 1.46. The lowest BCUT2D eigenvalue weighted by molar-refractivity contribution is -0.139. The minimum atomic E-state index is -0.836. The first kappa shape index (κ1) is 34.9. The Labute approximate surface area is 295 Å². The molecule has 3 aromatic carbocycles. The first-order valence-electron chi connectivity index (χ1n) is 14.5. The van der Waals surface area contributed by atoms with Gasteiger partial charge in [0, 0.05) is 15.6 Å². The topological polar surface area (TPSA) is 88.4 Å². The molecule has 246 valence electrons. The summed E-state index contributed by atoms with van der Waals surface area (Å²) in [5.74, 6) is 0.700. The lowest BCUT2D eigenvalue weighted by Gasteiger charge is -2.25. The molecule has 1 aliphatic rings. The number of ether oxygens (including phenoxy) is 4. The highest BCUT2D eigenvalue weighted by Crippen LogP contribution is 2.38. The highest BCUT2D eigenvalue weighted by molar-refractivity contribution is 7.07. The van der Waals surface area contributed by atoms with E-state index in [1.54, 1.807) is 68.5 Å². The Morgan fingerprint density at radius 1 is 1.02 bits per heavy atom. The minimum Gasteiger partial charge on any atom is -0.493 e. The van der Waals surface area contributed by atoms with Crippen molar-refractivity contribution in [2.24, 2.45) is 4.99 Å². The third-order valence-electron chi connectivity index (χ3n) is 7.09. The van der Waals surface area contributed by atoms with E-state index in [9.17, 15) is 9.59 Å². The highest BCUT2D eigenvalue weighted by atomic mass is 35.5. The van der Waals surface area contributed by atoms with Crippen molar-refractivity contribution < 1.29 is 23.7 Å². The Hall–Kier alpha value is -3.47. The average molecular weight is 737 g/mol. The molecule has 8 nitrogen and oxygen atoms in total. The predicted octanol–water partition coefficient (Wildman–Crippen LogP) is 7.79. The van der Waals surface area contributed by atoms with Crippen LogP contribution in [0, 0.1) is 0 Å². The van der Waals surface area contributed by atoms with Crippen LogP contribution in [0.2, 0.25) is 20.1 Å². The fraction of sp³-hybridized carbons (Fsp3) is 0.265. The molecule has 0 fully saturated rings. The second-order valence-electron chi connectivity index (χ2n) is 10.7. The summed E-state index contributed by atoms with van der Waals surface area (Å²) in [6.07, 6.45) is 1.58. The van der Waals surface area contributed by atoms with Crippen molar-refractivity contribution in [3.8, 4) is 17.2 Å². The van der Waals surface area contributed by atoms with Gasteiger partial charge in [0.15, 0.2) is 22.0 Å². The van der Waals surface area contributed by atoms with Crippen LogP contribution in [0.15, 0.2) is 69.6 Å². The molecule has 1 aliphatic heterocycles. The number of halogens is 4. The van der Waals surface area contributed by atoms with Crippen LogP contribution in [0.3, 0.4) is 0 Å². The number of esters is 1. The van der Waals surface area contributed by atoms with Gasteiger partial charge in [0.25, 0.3) is 5.56 Å². The maximum atomic E-state index is 14.1. The highest BCUT2D eigenvalue weighted by Gasteiger charge is 2.34. The Morgan fingerprint density at radius 3 is 2.38 bits per heavy atom. The van der Waals surface area contributed by atoms with Crippen LogP contribution < -0.4 is 29.1 Å². The summed E-state index contributed by atoms with van der Waals surface area (Å²) in [5.41, 5.74) is 2.22. The Balaban J connectivity index is 1.57. The summed E-state index contributed by atoms with van der Waals surface area (Å²) in [7, 11) is 1.53. The number of aromatic nitrogens is 1. The second kappa shape index (κ2) is 14.7. The van der Waals surface area contributed by atoms with Gasteiger partial charge in [-0.25, -0.2) is 9.79 Å². The lowest BCUT2D eigenvalue weighted by Crippen LogP contribution is -2.40. The molecule has 0 unspecified atom stereocenters. The number of hydrogen-bond acceptors (Lipinski definition) is 8.